The van der Waals surface area contributed by atoms with Gasteiger partial charge in [-0.3, -0.25) is 0 Å². The predicted octanol–water partition coefficient (Wildman–Crippen LogP) is 4.47. The van der Waals surface area contributed by atoms with E-state index in [-0.39, 0.29) is 5.82 Å². The fourth-order valence-electron chi connectivity index (χ4n) is 2.43. The minimum Gasteiger partial charge on any atom is -0.385 e. The third-order valence-corrected chi connectivity index (χ3v) is 3.71. The van der Waals surface area contributed by atoms with Gasteiger partial charge in [0.15, 0.2) is 5.82 Å². The molecule has 2 aromatic carbocycles. The van der Waals surface area contributed by atoms with Crippen molar-refractivity contribution in [1.29, 1.82) is 0 Å². The molecular formula is C20H21FN4O. The maximum absolute atomic E-state index is 13.1. The van der Waals surface area contributed by atoms with Crippen LogP contribution in [0.1, 0.15) is 6.42 Å². The third-order valence-electron chi connectivity index (χ3n) is 3.71. The van der Waals surface area contributed by atoms with Crippen LogP contribution in [-0.2, 0) is 4.74 Å². The van der Waals surface area contributed by atoms with Crippen LogP contribution in [0.2, 0.25) is 0 Å². The minimum absolute atomic E-state index is 0.274. The summed E-state index contributed by atoms with van der Waals surface area (Å²) in [4.78, 5) is 9.18. The first kappa shape index (κ1) is 17.8. The Morgan fingerprint density at radius 2 is 1.69 bits per heavy atom. The van der Waals surface area contributed by atoms with Crippen LogP contribution in [0.3, 0.4) is 0 Å². The number of ether oxygens (including phenoxy) is 1. The number of nitrogens with one attached hydrogen (secondary N) is 2. The normalized spacial score (nSPS) is 10.5. The van der Waals surface area contributed by atoms with Crippen LogP contribution in [0.4, 0.5) is 21.7 Å². The Balaban J connectivity index is 1.85. The maximum atomic E-state index is 13.1. The topological polar surface area (TPSA) is 59.1 Å². The molecule has 0 bridgehead atoms. The van der Waals surface area contributed by atoms with Crippen molar-refractivity contribution in [3.05, 3.63) is 66.5 Å². The molecule has 0 spiro atoms. The van der Waals surface area contributed by atoms with E-state index < -0.39 is 0 Å². The van der Waals surface area contributed by atoms with Gasteiger partial charge >= 0.3 is 0 Å². The second kappa shape index (κ2) is 8.92. The van der Waals surface area contributed by atoms with Gasteiger partial charge in [-0.1, -0.05) is 30.3 Å². The predicted molar refractivity (Wildman–Crippen MR) is 102 cm³/mol. The summed E-state index contributed by atoms with van der Waals surface area (Å²) in [6.07, 6.45) is 0.877. The highest BCUT2D eigenvalue weighted by atomic mass is 19.1. The van der Waals surface area contributed by atoms with Gasteiger partial charge < -0.3 is 15.4 Å². The van der Waals surface area contributed by atoms with Gasteiger partial charge in [-0.05, 0) is 30.7 Å². The van der Waals surface area contributed by atoms with Crippen molar-refractivity contribution >= 4 is 17.3 Å². The third kappa shape index (κ3) is 5.00. The number of methoxy groups -OCH3 is 1. The SMILES string of the molecule is COCCCNc1cc(Nc2ccc(F)cc2)nc(-c2ccccc2)n1. The Kier molecular flexibility index (Phi) is 6.11. The molecule has 3 aromatic rings. The minimum atomic E-state index is -0.274. The number of hydrogen-bond acceptors (Lipinski definition) is 5. The number of halogens is 1. The number of anilines is 3. The number of benzene rings is 2. The molecule has 3 rings (SSSR count). The molecule has 0 radical (unpaired) electrons. The van der Waals surface area contributed by atoms with Crippen molar-refractivity contribution in [3.8, 4) is 11.4 Å². The molecule has 0 unspecified atom stereocenters. The second-order valence-corrected chi connectivity index (χ2v) is 5.73. The average molecular weight is 352 g/mol. The molecule has 134 valence electrons. The van der Waals surface area contributed by atoms with E-state index in [0.717, 1.165) is 30.0 Å². The maximum Gasteiger partial charge on any atom is 0.163 e. The summed E-state index contributed by atoms with van der Waals surface area (Å²) in [5.74, 6) is 1.70. The quantitative estimate of drug-likeness (QED) is 0.586. The first-order valence-electron chi connectivity index (χ1n) is 8.44. The molecule has 0 aliphatic carbocycles. The molecule has 0 saturated carbocycles. The highest BCUT2D eigenvalue weighted by Crippen LogP contribution is 2.22. The van der Waals surface area contributed by atoms with Crippen LogP contribution < -0.4 is 10.6 Å². The lowest BCUT2D eigenvalue weighted by molar-refractivity contribution is 0.198. The lowest BCUT2D eigenvalue weighted by Gasteiger charge is -2.12. The second-order valence-electron chi connectivity index (χ2n) is 5.73. The Morgan fingerprint density at radius 1 is 0.962 bits per heavy atom. The Labute approximate surface area is 152 Å². The van der Waals surface area contributed by atoms with Crippen molar-refractivity contribution in [1.82, 2.24) is 9.97 Å². The fourth-order valence-corrected chi connectivity index (χ4v) is 2.43. The summed E-state index contributed by atoms with van der Waals surface area (Å²) in [6, 6.07) is 17.8. The molecule has 0 aliphatic rings. The Bertz CT molecular complexity index is 825. The van der Waals surface area contributed by atoms with Crippen molar-refractivity contribution in [2.24, 2.45) is 0 Å². The fraction of sp³-hybridized carbons (Fsp3) is 0.200. The molecule has 0 amide bonds. The van der Waals surface area contributed by atoms with Gasteiger partial charge in [-0.2, -0.15) is 0 Å². The first-order chi connectivity index (χ1) is 12.7. The standard InChI is InChI=1S/C20H21FN4O/c1-26-13-5-12-22-18-14-19(23-17-10-8-16(21)9-11-17)25-20(24-18)15-6-3-2-4-7-15/h2-4,6-11,14H,5,12-13H2,1H3,(H2,22,23,24,25). The van der Waals surface area contributed by atoms with Crippen molar-refractivity contribution in [3.63, 3.8) is 0 Å². The summed E-state index contributed by atoms with van der Waals surface area (Å²) < 4.78 is 18.2. The Morgan fingerprint density at radius 3 is 2.42 bits per heavy atom. The van der Waals surface area contributed by atoms with E-state index in [1.165, 1.54) is 12.1 Å². The molecule has 1 aromatic heterocycles. The van der Waals surface area contributed by atoms with Crippen molar-refractivity contribution in [2.45, 2.75) is 6.42 Å². The highest BCUT2D eigenvalue weighted by molar-refractivity contribution is 5.65. The summed E-state index contributed by atoms with van der Waals surface area (Å²) in [7, 11) is 1.68. The molecule has 0 aliphatic heterocycles. The summed E-state index contributed by atoms with van der Waals surface area (Å²) >= 11 is 0. The van der Waals surface area contributed by atoms with Gasteiger partial charge in [0.2, 0.25) is 0 Å². The lowest BCUT2D eigenvalue weighted by atomic mass is 10.2. The summed E-state index contributed by atoms with van der Waals surface area (Å²) in [5, 5.41) is 6.49. The van der Waals surface area contributed by atoms with Gasteiger partial charge in [-0.25, -0.2) is 14.4 Å². The molecule has 1 heterocycles. The molecule has 6 heteroatoms. The molecule has 2 N–H and O–H groups in total. The lowest BCUT2D eigenvalue weighted by Crippen LogP contribution is -2.08. The van der Waals surface area contributed by atoms with Crippen LogP contribution >= 0.6 is 0 Å². The molecule has 0 fully saturated rings. The summed E-state index contributed by atoms with van der Waals surface area (Å²) in [6.45, 7) is 1.43. The van der Waals surface area contributed by atoms with Crippen molar-refractivity contribution < 1.29 is 9.13 Å². The van der Waals surface area contributed by atoms with Crippen LogP contribution in [0, 0.1) is 5.82 Å². The molecule has 0 atom stereocenters. The van der Waals surface area contributed by atoms with Gasteiger partial charge in [0.05, 0.1) is 0 Å². The van der Waals surface area contributed by atoms with Crippen molar-refractivity contribution in [2.75, 3.05) is 30.9 Å². The molecule has 5 nitrogen and oxygen atoms in total. The molecule has 26 heavy (non-hydrogen) atoms. The van der Waals surface area contributed by atoms with E-state index in [0.29, 0.717) is 18.2 Å². The zero-order valence-electron chi connectivity index (χ0n) is 14.6. The van der Waals surface area contributed by atoms with Gasteiger partial charge in [0.25, 0.3) is 0 Å². The van der Waals surface area contributed by atoms with Crippen LogP contribution in [0.25, 0.3) is 11.4 Å². The van der Waals surface area contributed by atoms with E-state index in [2.05, 4.69) is 20.6 Å². The highest BCUT2D eigenvalue weighted by Gasteiger charge is 2.07. The number of rotatable bonds is 8. The molecular weight excluding hydrogens is 331 g/mol. The van der Waals surface area contributed by atoms with Crippen LogP contribution in [0.5, 0.6) is 0 Å². The van der Waals surface area contributed by atoms with E-state index in [4.69, 9.17) is 4.74 Å². The smallest absolute Gasteiger partial charge is 0.163 e. The monoisotopic (exact) mass is 352 g/mol. The van der Waals surface area contributed by atoms with Gasteiger partial charge in [-0.15, -0.1) is 0 Å². The van der Waals surface area contributed by atoms with Gasteiger partial charge in [0, 0.05) is 37.6 Å². The van der Waals surface area contributed by atoms with E-state index in [1.807, 2.05) is 36.4 Å². The average Bonchev–Trinajstić information content (AvgIpc) is 2.68. The zero-order valence-corrected chi connectivity index (χ0v) is 14.6. The first-order valence-corrected chi connectivity index (χ1v) is 8.44. The number of hydrogen-bond donors (Lipinski definition) is 2. The van der Waals surface area contributed by atoms with Crippen LogP contribution in [0.15, 0.2) is 60.7 Å². The number of aromatic nitrogens is 2. The van der Waals surface area contributed by atoms with Gasteiger partial charge in [0.1, 0.15) is 17.5 Å². The zero-order chi connectivity index (χ0) is 18.2. The largest absolute Gasteiger partial charge is 0.385 e. The van der Waals surface area contributed by atoms with E-state index in [9.17, 15) is 4.39 Å². The number of nitrogens with zero attached hydrogens (tertiary/aromatic N) is 2. The summed E-state index contributed by atoms with van der Waals surface area (Å²) in [5.41, 5.74) is 1.68. The van der Waals surface area contributed by atoms with Crippen LogP contribution in [-0.4, -0.2) is 30.2 Å². The van der Waals surface area contributed by atoms with E-state index >= 15 is 0 Å². The Hall–Kier alpha value is -2.99. The van der Waals surface area contributed by atoms with E-state index in [1.54, 1.807) is 19.2 Å². The molecule has 0 saturated heterocycles.